The molecular weight excluding hydrogens is 541 g/mol. The molecule has 0 fully saturated rings. The lowest BCUT2D eigenvalue weighted by molar-refractivity contribution is -0.121. The Hall–Kier alpha value is -3.41. The number of amides is 2. The number of hydrogen-bond donors (Lipinski definition) is 3. The number of carbonyl (C=O) groups excluding carboxylic acids is 3. The highest BCUT2D eigenvalue weighted by Crippen LogP contribution is 2.36. The summed E-state index contributed by atoms with van der Waals surface area (Å²) in [5, 5.41) is 2.82. The molecule has 0 spiro atoms. The van der Waals surface area contributed by atoms with Crippen molar-refractivity contribution in [1.82, 2.24) is 15.8 Å². The molecular formula is C27H30N4O4S3. The standard InChI is InChI=1S/C27H30N4O4S3/c1-5-31(6-2)25(33)21-17(3)20(26(34)35-4)24(38-21)28-27(36)30-29-23(32)22(18-13-9-7-10-14-18)37-19-15-11-8-12-16-19/h7-16,22H,5-6H2,1-4H3,(H,29,32)(H2,28,30,36)/t22-/m0/s1. The van der Waals surface area contributed by atoms with E-state index < -0.39 is 11.2 Å². The molecule has 0 bridgehead atoms. The van der Waals surface area contributed by atoms with Gasteiger partial charge >= 0.3 is 5.97 Å². The van der Waals surface area contributed by atoms with E-state index in [2.05, 4.69) is 16.2 Å². The van der Waals surface area contributed by atoms with Crippen LogP contribution in [0.4, 0.5) is 5.00 Å². The Morgan fingerprint density at radius 3 is 2.18 bits per heavy atom. The number of carbonyl (C=O) groups is 3. The Bertz CT molecular complexity index is 1280. The molecule has 0 saturated heterocycles. The second kappa shape index (κ2) is 13.9. The number of thiophene rings is 1. The third kappa shape index (κ3) is 7.12. The second-order valence-electron chi connectivity index (χ2n) is 8.02. The Labute approximate surface area is 236 Å². The summed E-state index contributed by atoms with van der Waals surface area (Å²) in [6.07, 6.45) is 0. The van der Waals surface area contributed by atoms with Gasteiger partial charge < -0.3 is 15.0 Å². The minimum atomic E-state index is -0.588. The Kier molecular flexibility index (Phi) is 10.7. The topological polar surface area (TPSA) is 99.8 Å². The maximum absolute atomic E-state index is 13.2. The van der Waals surface area contributed by atoms with Crippen molar-refractivity contribution < 1.29 is 19.1 Å². The number of thiocarbonyl (C=S) groups is 1. The number of nitrogens with one attached hydrogen (secondary N) is 3. The maximum Gasteiger partial charge on any atom is 0.341 e. The van der Waals surface area contributed by atoms with Gasteiger partial charge in [-0.3, -0.25) is 20.4 Å². The summed E-state index contributed by atoms with van der Waals surface area (Å²) in [6.45, 7) is 6.57. The fourth-order valence-corrected chi connectivity index (χ4v) is 6.09. The minimum absolute atomic E-state index is 0.0584. The summed E-state index contributed by atoms with van der Waals surface area (Å²) in [5.74, 6) is -1.07. The summed E-state index contributed by atoms with van der Waals surface area (Å²) in [6, 6.07) is 19.1. The number of anilines is 1. The Morgan fingerprint density at radius 2 is 1.61 bits per heavy atom. The normalized spacial score (nSPS) is 11.3. The average Bonchev–Trinajstić information content (AvgIpc) is 3.26. The van der Waals surface area contributed by atoms with Gasteiger partial charge in [0.25, 0.3) is 11.8 Å². The van der Waals surface area contributed by atoms with Gasteiger partial charge in [-0.05, 0) is 56.2 Å². The van der Waals surface area contributed by atoms with Crippen LogP contribution in [0.2, 0.25) is 0 Å². The van der Waals surface area contributed by atoms with E-state index in [0.717, 1.165) is 21.8 Å². The SMILES string of the molecule is CCN(CC)C(=O)c1sc(NC(=S)NNC(=O)[C@@H](Sc2ccccc2)c2ccccc2)c(C(=O)OC)c1C. The number of esters is 1. The molecule has 0 saturated carbocycles. The van der Waals surface area contributed by atoms with E-state index in [9.17, 15) is 14.4 Å². The number of methoxy groups -OCH3 is 1. The quantitative estimate of drug-likeness (QED) is 0.140. The first-order valence-electron chi connectivity index (χ1n) is 11.9. The minimum Gasteiger partial charge on any atom is -0.465 e. The molecule has 11 heteroatoms. The molecule has 1 atom stereocenters. The smallest absolute Gasteiger partial charge is 0.341 e. The lowest BCUT2D eigenvalue weighted by Crippen LogP contribution is -2.45. The van der Waals surface area contributed by atoms with E-state index in [4.69, 9.17) is 17.0 Å². The van der Waals surface area contributed by atoms with Crippen molar-refractivity contribution in [2.75, 3.05) is 25.5 Å². The molecule has 3 aromatic rings. The number of rotatable bonds is 9. The third-order valence-corrected chi connectivity index (χ3v) is 8.31. The highest BCUT2D eigenvalue weighted by molar-refractivity contribution is 8.00. The fraction of sp³-hybridized carbons (Fsp3) is 0.259. The molecule has 0 aliphatic rings. The van der Waals surface area contributed by atoms with E-state index in [0.29, 0.717) is 28.5 Å². The zero-order valence-electron chi connectivity index (χ0n) is 21.6. The summed E-state index contributed by atoms with van der Waals surface area (Å²) >= 11 is 7.93. The lowest BCUT2D eigenvalue weighted by atomic mass is 10.1. The first-order chi connectivity index (χ1) is 18.3. The van der Waals surface area contributed by atoms with Crippen LogP contribution in [0.1, 0.15) is 50.3 Å². The molecule has 8 nitrogen and oxygen atoms in total. The van der Waals surface area contributed by atoms with Gasteiger partial charge in [-0.25, -0.2) is 4.79 Å². The van der Waals surface area contributed by atoms with Crippen molar-refractivity contribution in [3.8, 4) is 0 Å². The molecule has 1 heterocycles. The zero-order valence-corrected chi connectivity index (χ0v) is 24.0. The molecule has 0 aliphatic carbocycles. The molecule has 38 heavy (non-hydrogen) atoms. The molecule has 2 amide bonds. The molecule has 2 aromatic carbocycles. The second-order valence-corrected chi connectivity index (χ2v) is 10.6. The largest absolute Gasteiger partial charge is 0.465 e. The summed E-state index contributed by atoms with van der Waals surface area (Å²) in [4.78, 5) is 41.8. The van der Waals surface area contributed by atoms with Crippen LogP contribution in [-0.4, -0.2) is 48.0 Å². The number of nitrogens with zero attached hydrogens (tertiary/aromatic N) is 1. The van der Waals surface area contributed by atoms with Crippen molar-refractivity contribution >= 4 is 63.2 Å². The van der Waals surface area contributed by atoms with Crippen LogP contribution in [0, 0.1) is 6.92 Å². The number of benzene rings is 2. The van der Waals surface area contributed by atoms with Gasteiger partial charge in [-0.1, -0.05) is 48.5 Å². The van der Waals surface area contributed by atoms with Crippen molar-refractivity contribution in [2.24, 2.45) is 0 Å². The zero-order chi connectivity index (χ0) is 27.7. The number of ether oxygens (including phenoxy) is 1. The summed E-state index contributed by atoms with van der Waals surface area (Å²) in [7, 11) is 1.28. The van der Waals surface area contributed by atoms with Crippen LogP contribution >= 0.6 is 35.3 Å². The van der Waals surface area contributed by atoms with E-state index in [1.165, 1.54) is 18.9 Å². The van der Waals surface area contributed by atoms with Crippen LogP contribution in [-0.2, 0) is 9.53 Å². The van der Waals surface area contributed by atoms with Crippen LogP contribution in [0.25, 0.3) is 0 Å². The maximum atomic E-state index is 13.2. The van der Waals surface area contributed by atoms with Gasteiger partial charge in [0.1, 0.15) is 10.3 Å². The van der Waals surface area contributed by atoms with Crippen LogP contribution in [0.5, 0.6) is 0 Å². The Balaban J connectivity index is 1.76. The van der Waals surface area contributed by atoms with Crippen molar-refractivity contribution in [2.45, 2.75) is 30.9 Å². The van der Waals surface area contributed by atoms with Gasteiger partial charge in [0.2, 0.25) is 0 Å². The van der Waals surface area contributed by atoms with Gasteiger partial charge in [0.05, 0.1) is 17.6 Å². The van der Waals surface area contributed by atoms with Crippen LogP contribution < -0.4 is 16.2 Å². The first kappa shape index (κ1) is 29.2. The molecule has 3 N–H and O–H groups in total. The molecule has 0 aliphatic heterocycles. The van der Waals surface area contributed by atoms with Crippen LogP contribution in [0.3, 0.4) is 0 Å². The van der Waals surface area contributed by atoms with Crippen molar-refractivity contribution in [1.29, 1.82) is 0 Å². The highest BCUT2D eigenvalue weighted by atomic mass is 32.2. The van der Waals surface area contributed by atoms with Gasteiger partial charge in [-0.15, -0.1) is 23.1 Å². The molecule has 3 rings (SSSR count). The number of hydrogen-bond acceptors (Lipinski definition) is 7. The highest BCUT2D eigenvalue weighted by Gasteiger charge is 2.28. The third-order valence-electron chi connectivity index (χ3n) is 5.65. The predicted molar refractivity (Wildman–Crippen MR) is 157 cm³/mol. The van der Waals surface area contributed by atoms with E-state index in [1.54, 1.807) is 11.8 Å². The van der Waals surface area contributed by atoms with Crippen LogP contribution in [0.15, 0.2) is 65.6 Å². The molecule has 1 aromatic heterocycles. The molecule has 0 radical (unpaired) electrons. The first-order valence-corrected chi connectivity index (χ1v) is 14.1. The predicted octanol–water partition coefficient (Wildman–Crippen LogP) is 5.18. The summed E-state index contributed by atoms with van der Waals surface area (Å²) < 4.78 is 4.95. The van der Waals surface area contributed by atoms with Gasteiger partial charge in [0, 0.05) is 18.0 Å². The van der Waals surface area contributed by atoms with E-state index >= 15 is 0 Å². The number of thioether (sulfide) groups is 1. The lowest BCUT2D eigenvalue weighted by Gasteiger charge is -2.18. The van der Waals surface area contributed by atoms with E-state index in [-0.39, 0.29) is 22.5 Å². The number of hydrazine groups is 1. The Morgan fingerprint density at radius 1 is 1.00 bits per heavy atom. The summed E-state index contributed by atoms with van der Waals surface area (Å²) in [5.41, 5.74) is 6.96. The van der Waals surface area contributed by atoms with Crippen molar-refractivity contribution in [3.63, 3.8) is 0 Å². The monoisotopic (exact) mass is 570 g/mol. The fourth-order valence-electron chi connectivity index (χ4n) is 3.66. The average molecular weight is 571 g/mol. The van der Waals surface area contributed by atoms with E-state index in [1.807, 2.05) is 74.5 Å². The molecule has 200 valence electrons. The van der Waals surface area contributed by atoms with Crippen molar-refractivity contribution in [3.05, 3.63) is 82.2 Å². The van der Waals surface area contributed by atoms with Gasteiger partial charge in [0.15, 0.2) is 5.11 Å². The molecule has 0 unspecified atom stereocenters. The van der Waals surface area contributed by atoms with Gasteiger partial charge in [-0.2, -0.15) is 0 Å².